The van der Waals surface area contributed by atoms with Crippen molar-refractivity contribution in [3.8, 4) is 11.1 Å². The fraction of sp³-hybridized carbons (Fsp3) is 0.190. The number of halogens is 1. The molecule has 3 aromatic rings. The fourth-order valence-electron chi connectivity index (χ4n) is 3.40. The van der Waals surface area contributed by atoms with Crippen molar-refractivity contribution in [1.29, 1.82) is 0 Å². The fourth-order valence-corrected chi connectivity index (χ4v) is 4.29. The largest absolute Gasteiger partial charge is 0.326 e. The molecule has 5 heteroatoms. The van der Waals surface area contributed by atoms with Crippen LogP contribution in [0, 0.1) is 5.92 Å². The molecule has 1 aliphatic rings. The highest BCUT2D eigenvalue weighted by molar-refractivity contribution is 7.10. The molecule has 0 saturated carbocycles. The number of anilines is 1. The van der Waals surface area contributed by atoms with Crippen LogP contribution >= 0.6 is 23.7 Å². The molecule has 0 aliphatic carbocycles. The summed E-state index contributed by atoms with van der Waals surface area (Å²) in [5.41, 5.74) is 3.11. The zero-order chi connectivity index (χ0) is 17.1. The molecule has 1 amide bonds. The summed E-state index contributed by atoms with van der Waals surface area (Å²) >= 11 is 1.73. The number of carbonyl (C=O) groups excluding carboxylic acids is 1. The smallest absolute Gasteiger partial charge is 0.229 e. The number of hydrogen-bond acceptors (Lipinski definition) is 3. The van der Waals surface area contributed by atoms with Crippen molar-refractivity contribution in [2.75, 3.05) is 18.4 Å². The van der Waals surface area contributed by atoms with Gasteiger partial charge in [-0.15, -0.1) is 23.7 Å². The van der Waals surface area contributed by atoms with Gasteiger partial charge in [-0.25, -0.2) is 0 Å². The van der Waals surface area contributed by atoms with E-state index in [1.54, 1.807) is 11.3 Å². The second-order valence-electron chi connectivity index (χ2n) is 6.32. The first-order valence-electron chi connectivity index (χ1n) is 8.52. The van der Waals surface area contributed by atoms with E-state index in [0.717, 1.165) is 29.9 Å². The maximum atomic E-state index is 12.8. The van der Waals surface area contributed by atoms with E-state index < -0.39 is 0 Å². The first-order chi connectivity index (χ1) is 12.3. The molecular weight excluding hydrogens is 364 g/mol. The van der Waals surface area contributed by atoms with Crippen LogP contribution in [0.3, 0.4) is 0 Å². The van der Waals surface area contributed by atoms with E-state index in [2.05, 4.69) is 46.3 Å². The average Bonchev–Trinajstić information content (AvgIpc) is 3.34. The zero-order valence-electron chi connectivity index (χ0n) is 14.2. The summed E-state index contributed by atoms with van der Waals surface area (Å²) in [7, 11) is 0. The van der Waals surface area contributed by atoms with E-state index >= 15 is 0 Å². The molecule has 2 heterocycles. The van der Waals surface area contributed by atoms with Gasteiger partial charge in [-0.05, 0) is 34.7 Å². The van der Waals surface area contributed by atoms with E-state index in [9.17, 15) is 4.79 Å². The predicted molar refractivity (Wildman–Crippen MR) is 111 cm³/mol. The molecule has 0 radical (unpaired) electrons. The molecule has 0 bridgehead atoms. The Bertz CT molecular complexity index is 851. The van der Waals surface area contributed by atoms with E-state index in [0.29, 0.717) is 0 Å². The Hall–Kier alpha value is -2.14. The highest BCUT2D eigenvalue weighted by Gasteiger charge is 2.34. The molecule has 3 nitrogen and oxygen atoms in total. The van der Waals surface area contributed by atoms with Crippen LogP contribution < -0.4 is 10.6 Å². The molecule has 0 spiro atoms. The summed E-state index contributed by atoms with van der Waals surface area (Å²) in [4.78, 5) is 14.1. The highest BCUT2D eigenvalue weighted by atomic mass is 35.5. The summed E-state index contributed by atoms with van der Waals surface area (Å²) in [6, 6.07) is 22.4. The monoisotopic (exact) mass is 384 g/mol. The van der Waals surface area contributed by atoms with Gasteiger partial charge in [0.05, 0.1) is 5.92 Å². The third-order valence-electron chi connectivity index (χ3n) is 4.70. The van der Waals surface area contributed by atoms with Crippen LogP contribution in [0.4, 0.5) is 5.69 Å². The lowest BCUT2D eigenvalue weighted by Gasteiger charge is -2.17. The van der Waals surface area contributed by atoms with Gasteiger partial charge in [-0.3, -0.25) is 4.79 Å². The van der Waals surface area contributed by atoms with Gasteiger partial charge in [-0.1, -0.05) is 48.5 Å². The van der Waals surface area contributed by atoms with Gasteiger partial charge in [-0.2, -0.15) is 0 Å². The lowest BCUT2D eigenvalue weighted by molar-refractivity contribution is -0.119. The maximum Gasteiger partial charge on any atom is 0.229 e. The molecule has 1 fully saturated rings. The summed E-state index contributed by atoms with van der Waals surface area (Å²) in [6.07, 6.45) is 0. The van der Waals surface area contributed by atoms with Crippen molar-refractivity contribution >= 4 is 35.3 Å². The van der Waals surface area contributed by atoms with Crippen molar-refractivity contribution in [2.45, 2.75) is 5.92 Å². The molecule has 134 valence electrons. The molecular formula is C21H21ClN2OS. The minimum Gasteiger partial charge on any atom is -0.326 e. The predicted octanol–water partition coefficient (Wildman–Crippen LogP) is 4.78. The molecule has 1 aromatic heterocycles. The van der Waals surface area contributed by atoms with Crippen LogP contribution in [0.2, 0.25) is 0 Å². The molecule has 26 heavy (non-hydrogen) atoms. The SMILES string of the molecule is Cl.O=C(Nc1cccc(-c2ccccc2)c1)C1CNCC1c1cccs1. The minimum absolute atomic E-state index is 0. The van der Waals surface area contributed by atoms with Crippen molar-refractivity contribution in [1.82, 2.24) is 5.32 Å². The van der Waals surface area contributed by atoms with Gasteiger partial charge < -0.3 is 10.6 Å². The quantitative estimate of drug-likeness (QED) is 0.679. The molecule has 2 atom stereocenters. The second kappa shape index (κ2) is 8.49. The summed E-state index contributed by atoms with van der Waals surface area (Å²) in [5, 5.41) is 8.55. The van der Waals surface area contributed by atoms with Crippen molar-refractivity contribution in [3.63, 3.8) is 0 Å². The van der Waals surface area contributed by atoms with E-state index in [1.165, 1.54) is 4.88 Å². The lowest BCUT2D eigenvalue weighted by Crippen LogP contribution is -2.27. The number of carbonyl (C=O) groups is 1. The Morgan fingerprint density at radius 2 is 1.77 bits per heavy atom. The topological polar surface area (TPSA) is 41.1 Å². The van der Waals surface area contributed by atoms with Crippen LogP contribution in [0.15, 0.2) is 72.1 Å². The first kappa shape index (κ1) is 18.6. The number of hydrogen-bond donors (Lipinski definition) is 2. The third-order valence-corrected chi connectivity index (χ3v) is 5.70. The first-order valence-corrected chi connectivity index (χ1v) is 9.40. The van der Waals surface area contributed by atoms with E-state index in [1.807, 2.05) is 36.4 Å². The van der Waals surface area contributed by atoms with Crippen LogP contribution in [0.1, 0.15) is 10.8 Å². The second-order valence-corrected chi connectivity index (χ2v) is 7.30. The van der Waals surface area contributed by atoms with Crippen molar-refractivity contribution in [3.05, 3.63) is 77.0 Å². The molecule has 1 saturated heterocycles. The van der Waals surface area contributed by atoms with Crippen molar-refractivity contribution < 1.29 is 4.79 Å². The summed E-state index contributed by atoms with van der Waals surface area (Å²) in [6.45, 7) is 1.59. The Labute approximate surface area is 163 Å². The Kier molecular flexibility index (Phi) is 6.09. The molecule has 2 N–H and O–H groups in total. The van der Waals surface area contributed by atoms with E-state index in [-0.39, 0.29) is 30.2 Å². The third kappa shape index (κ3) is 3.98. The minimum atomic E-state index is -0.0287. The van der Waals surface area contributed by atoms with Gasteiger partial charge in [0, 0.05) is 29.6 Å². The van der Waals surface area contributed by atoms with Crippen LogP contribution in [0.5, 0.6) is 0 Å². The van der Waals surface area contributed by atoms with Gasteiger partial charge in [0.1, 0.15) is 0 Å². The summed E-state index contributed by atoms with van der Waals surface area (Å²) in [5.74, 6) is 0.324. The standard InChI is InChI=1S/C21H20N2OS.ClH/c24-21(19-14-22-13-18(19)20-10-5-11-25-20)23-17-9-4-8-16(12-17)15-6-2-1-3-7-15;/h1-12,18-19,22H,13-14H2,(H,23,24);1H. The van der Waals surface area contributed by atoms with Gasteiger partial charge >= 0.3 is 0 Å². The van der Waals surface area contributed by atoms with Crippen LogP contribution in [0.25, 0.3) is 11.1 Å². The van der Waals surface area contributed by atoms with Crippen molar-refractivity contribution in [2.24, 2.45) is 5.92 Å². The van der Waals surface area contributed by atoms with Gasteiger partial charge in [0.2, 0.25) is 5.91 Å². The summed E-state index contributed by atoms with van der Waals surface area (Å²) < 4.78 is 0. The number of amides is 1. The maximum absolute atomic E-state index is 12.8. The van der Waals surface area contributed by atoms with E-state index in [4.69, 9.17) is 0 Å². The average molecular weight is 385 g/mol. The molecule has 4 rings (SSSR count). The molecule has 2 aromatic carbocycles. The number of thiophene rings is 1. The Balaban J connectivity index is 0.00000196. The van der Waals surface area contributed by atoms with Gasteiger partial charge in [0.15, 0.2) is 0 Å². The highest BCUT2D eigenvalue weighted by Crippen LogP contribution is 2.32. The van der Waals surface area contributed by atoms with Crippen LogP contribution in [-0.4, -0.2) is 19.0 Å². The zero-order valence-corrected chi connectivity index (χ0v) is 15.9. The number of rotatable bonds is 4. The normalized spacial score (nSPS) is 18.9. The number of nitrogens with one attached hydrogen (secondary N) is 2. The lowest BCUT2D eigenvalue weighted by atomic mass is 9.93. The van der Waals surface area contributed by atoms with Gasteiger partial charge in [0.25, 0.3) is 0 Å². The molecule has 1 aliphatic heterocycles. The number of benzene rings is 2. The molecule has 2 unspecified atom stereocenters. The Morgan fingerprint density at radius 1 is 0.962 bits per heavy atom. The van der Waals surface area contributed by atoms with Crippen LogP contribution in [-0.2, 0) is 4.79 Å². The Morgan fingerprint density at radius 3 is 2.54 bits per heavy atom.